The number of hydrogen-bond donors (Lipinski definition) is 2. The third-order valence-corrected chi connectivity index (χ3v) is 6.70. The third kappa shape index (κ3) is 7.31. The van der Waals surface area contributed by atoms with Gasteiger partial charge in [0, 0.05) is 30.5 Å². The van der Waals surface area contributed by atoms with Crippen LogP contribution in [0.5, 0.6) is 5.88 Å². The molecule has 1 saturated carbocycles. The lowest BCUT2D eigenvalue weighted by atomic mass is 9.94. The van der Waals surface area contributed by atoms with E-state index < -0.39 is 5.60 Å². The van der Waals surface area contributed by atoms with Crippen LogP contribution >= 0.6 is 11.3 Å². The number of carbonyl (C=O) groups excluding carboxylic acids is 2. The predicted octanol–water partition coefficient (Wildman–Crippen LogP) is 5.48. The molecule has 3 amide bonds. The molecule has 0 spiro atoms. The number of pyridine rings is 1. The SMILES string of the molecule is CC(C)(C)OC(=O)N1CCC(CCOc2cccc(NC(=O)Nc3csc(C4CC4)n3)n2)CC1. The highest BCUT2D eigenvalue weighted by atomic mass is 32.1. The van der Waals surface area contributed by atoms with E-state index in [1.54, 1.807) is 34.4 Å². The summed E-state index contributed by atoms with van der Waals surface area (Å²) in [7, 11) is 0. The zero-order chi connectivity index (χ0) is 24.1. The molecule has 2 aliphatic rings. The Morgan fingerprint density at radius 2 is 1.82 bits per heavy atom. The van der Waals surface area contributed by atoms with Crippen LogP contribution in [0.25, 0.3) is 0 Å². The van der Waals surface area contributed by atoms with Crippen molar-refractivity contribution < 1.29 is 19.1 Å². The largest absolute Gasteiger partial charge is 0.478 e. The molecule has 2 aromatic heterocycles. The molecule has 184 valence electrons. The summed E-state index contributed by atoms with van der Waals surface area (Å²) in [6.45, 7) is 7.57. The molecule has 0 bridgehead atoms. The molecule has 2 fully saturated rings. The van der Waals surface area contributed by atoms with Crippen LogP contribution in [0, 0.1) is 5.92 Å². The second-order valence-electron chi connectivity index (χ2n) is 9.83. The van der Waals surface area contributed by atoms with Crippen LogP contribution < -0.4 is 15.4 Å². The molecule has 10 heteroatoms. The Labute approximate surface area is 204 Å². The first-order valence-corrected chi connectivity index (χ1v) is 12.7. The van der Waals surface area contributed by atoms with Crippen molar-refractivity contribution >= 4 is 35.1 Å². The number of carbonyl (C=O) groups is 2. The van der Waals surface area contributed by atoms with Gasteiger partial charge in [0.1, 0.15) is 17.2 Å². The van der Waals surface area contributed by atoms with Crippen molar-refractivity contribution in [1.82, 2.24) is 14.9 Å². The minimum absolute atomic E-state index is 0.238. The molecule has 34 heavy (non-hydrogen) atoms. The highest BCUT2D eigenvalue weighted by molar-refractivity contribution is 7.10. The Bertz CT molecular complexity index is 993. The second kappa shape index (κ2) is 10.6. The van der Waals surface area contributed by atoms with Gasteiger partial charge >= 0.3 is 12.1 Å². The second-order valence-corrected chi connectivity index (χ2v) is 10.7. The number of ether oxygens (including phenoxy) is 2. The topological polar surface area (TPSA) is 106 Å². The number of amides is 3. The first-order valence-electron chi connectivity index (χ1n) is 11.9. The Hall–Kier alpha value is -2.88. The summed E-state index contributed by atoms with van der Waals surface area (Å²) < 4.78 is 11.3. The Morgan fingerprint density at radius 1 is 1.09 bits per heavy atom. The first kappa shape index (κ1) is 24.3. The van der Waals surface area contributed by atoms with E-state index in [1.165, 1.54) is 12.8 Å². The standard InChI is InChI=1S/C24H33N5O4S/c1-24(2,3)33-23(31)29-12-9-16(10-13-29)11-14-32-20-6-4-5-18(25-20)27-22(30)28-19-15-34-21(26-19)17-7-8-17/h4-6,15-17H,7-14H2,1-3H3,(H2,25,27,28,30). The number of urea groups is 1. The number of thiazole rings is 1. The highest BCUT2D eigenvalue weighted by Gasteiger charge is 2.27. The summed E-state index contributed by atoms with van der Waals surface area (Å²) >= 11 is 1.58. The number of nitrogens with zero attached hydrogens (tertiary/aromatic N) is 3. The summed E-state index contributed by atoms with van der Waals surface area (Å²) in [4.78, 5) is 35.1. The fraction of sp³-hybridized carbons (Fsp3) is 0.583. The average Bonchev–Trinajstić information content (AvgIpc) is 3.52. The maximum absolute atomic E-state index is 12.3. The van der Waals surface area contributed by atoms with Gasteiger partial charge in [0.2, 0.25) is 5.88 Å². The molecule has 4 rings (SSSR count). The zero-order valence-electron chi connectivity index (χ0n) is 20.0. The molecule has 9 nitrogen and oxygen atoms in total. The minimum atomic E-state index is -0.473. The first-order chi connectivity index (χ1) is 16.2. The number of likely N-dealkylation sites (tertiary alicyclic amines) is 1. The Morgan fingerprint density at radius 3 is 2.53 bits per heavy atom. The van der Waals surface area contributed by atoms with Crippen molar-refractivity contribution in [2.75, 3.05) is 30.3 Å². The van der Waals surface area contributed by atoms with E-state index in [0.29, 0.717) is 49.0 Å². The molecule has 0 unspecified atom stereocenters. The van der Waals surface area contributed by atoms with Crippen molar-refractivity contribution in [3.8, 4) is 5.88 Å². The van der Waals surface area contributed by atoms with Crippen LogP contribution in [-0.2, 0) is 4.74 Å². The fourth-order valence-electron chi connectivity index (χ4n) is 3.75. The lowest BCUT2D eigenvalue weighted by Crippen LogP contribution is -2.41. The summed E-state index contributed by atoms with van der Waals surface area (Å²) in [5.41, 5.74) is -0.473. The van der Waals surface area contributed by atoms with Gasteiger partial charge in [-0.15, -0.1) is 11.3 Å². The number of hydrogen-bond acceptors (Lipinski definition) is 7. The molecular formula is C24H33N5O4S. The van der Waals surface area contributed by atoms with Crippen molar-refractivity contribution in [2.24, 2.45) is 5.92 Å². The molecule has 2 aromatic rings. The number of anilines is 2. The molecule has 2 N–H and O–H groups in total. The Balaban J connectivity index is 1.17. The van der Waals surface area contributed by atoms with Crippen LogP contribution in [-0.4, -0.2) is 52.3 Å². The normalized spacial score (nSPS) is 16.7. The summed E-state index contributed by atoms with van der Waals surface area (Å²) in [5, 5.41) is 8.43. The van der Waals surface area contributed by atoms with Crippen molar-refractivity contribution in [3.05, 3.63) is 28.6 Å². The lowest BCUT2D eigenvalue weighted by molar-refractivity contribution is 0.0177. The van der Waals surface area contributed by atoms with Gasteiger partial charge in [-0.25, -0.2) is 14.6 Å². The van der Waals surface area contributed by atoms with E-state index in [1.807, 2.05) is 26.2 Å². The summed E-state index contributed by atoms with van der Waals surface area (Å²) in [6, 6.07) is 4.91. The van der Waals surface area contributed by atoms with Crippen LogP contribution in [0.3, 0.4) is 0 Å². The Kier molecular flexibility index (Phi) is 7.55. The van der Waals surface area contributed by atoms with Gasteiger partial charge in [0.15, 0.2) is 0 Å². The van der Waals surface area contributed by atoms with Gasteiger partial charge in [-0.3, -0.25) is 10.6 Å². The molecule has 1 aliphatic heterocycles. The van der Waals surface area contributed by atoms with Gasteiger partial charge in [0.25, 0.3) is 0 Å². The number of rotatable bonds is 7. The van der Waals surface area contributed by atoms with Gasteiger partial charge in [-0.05, 0) is 64.9 Å². The van der Waals surface area contributed by atoms with E-state index in [9.17, 15) is 9.59 Å². The van der Waals surface area contributed by atoms with Crippen LogP contribution in [0.2, 0.25) is 0 Å². The van der Waals surface area contributed by atoms with Gasteiger partial charge in [-0.1, -0.05) is 6.07 Å². The van der Waals surface area contributed by atoms with E-state index in [0.717, 1.165) is 24.3 Å². The van der Waals surface area contributed by atoms with E-state index in [4.69, 9.17) is 9.47 Å². The molecule has 3 heterocycles. The van der Waals surface area contributed by atoms with Crippen molar-refractivity contribution in [1.29, 1.82) is 0 Å². The van der Waals surface area contributed by atoms with Gasteiger partial charge < -0.3 is 14.4 Å². The average molecular weight is 488 g/mol. The molecular weight excluding hydrogens is 454 g/mol. The third-order valence-electron chi connectivity index (χ3n) is 5.70. The monoisotopic (exact) mass is 487 g/mol. The van der Waals surface area contributed by atoms with E-state index in [2.05, 4.69) is 20.6 Å². The van der Waals surface area contributed by atoms with Gasteiger partial charge in [-0.2, -0.15) is 4.98 Å². The number of nitrogens with one attached hydrogen (secondary N) is 2. The number of aromatic nitrogens is 2. The zero-order valence-corrected chi connectivity index (χ0v) is 20.8. The van der Waals surface area contributed by atoms with Crippen LogP contribution in [0.15, 0.2) is 23.6 Å². The van der Waals surface area contributed by atoms with E-state index in [-0.39, 0.29) is 12.1 Å². The molecule has 1 saturated heterocycles. The lowest BCUT2D eigenvalue weighted by Gasteiger charge is -2.33. The maximum atomic E-state index is 12.3. The van der Waals surface area contributed by atoms with Crippen molar-refractivity contribution in [2.45, 2.75) is 64.4 Å². The fourth-order valence-corrected chi connectivity index (χ4v) is 4.68. The van der Waals surface area contributed by atoms with Gasteiger partial charge in [0.05, 0.1) is 11.6 Å². The highest BCUT2D eigenvalue weighted by Crippen LogP contribution is 2.42. The smallest absolute Gasteiger partial charge is 0.410 e. The summed E-state index contributed by atoms with van der Waals surface area (Å²) in [5.74, 6) is 2.50. The molecule has 0 atom stereocenters. The van der Waals surface area contributed by atoms with Crippen molar-refractivity contribution in [3.63, 3.8) is 0 Å². The summed E-state index contributed by atoms with van der Waals surface area (Å²) in [6.07, 6.45) is 4.86. The molecule has 0 aromatic carbocycles. The maximum Gasteiger partial charge on any atom is 0.410 e. The molecule has 1 aliphatic carbocycles. The predicted molar refractivity (Wildman–Crippen MR) is 132 cm³/mol. The van der Waals surface area contributed by atoms with E-state index >= 15 is 0 Å². The minimum Gasteiger partial charge on any atom is -0.478 e. The van der Waals surface area contributed by atoms with Crippen LogP contribution in [0.4, 0.5) is 21.2 Å². The van der Waals surface area contributed by atoms with Crippen LogP contribution in [0.1, 0.15) is 63.8 Å². The quantitative estimate of drug-likeness (QED) is 0.536. The molecule has 0 radical (unpaired) electrons. The number of piperidine rings is 1.